The Morgan fingerprint density at radius 1 is 1.19 bits per heavy atom. The van der Waals surface area contributed by atoms with Gasteiger partial charge in [0.15, 0.2) is 5.69 Å². The summed E-state index contributed by atoms with van der Waals surface area (Å²) in [5.74, 6) is -2.52. The number of nitrogen functional groups attached to an aromatic ring is 1. The first-order valence-electron chi connectivity index (χ1n) is 11.5. The van der Waals surface area contributed by atoms with E-state index < -0.39 is 29.6 Å². The molecule has 2 atom stereocenters. The van der Waals surface area contributed by atoms with Gasteiger partial charge in [-0.1, -0.05) is 24.3 Å². The minimum atomic E-state index is -1.17. The van der Waals surface area contributed by atoms with Gasteiger partial charge in [-0.3, -0.25) is 14.4 Å². The number of nitrogens with zero attached hydrogens (tertiary/aromatic N) is 2. The molecule has 3 aromatic rings. The number of benzene rings is 2. The van der Waals surface area contributed by atoms with Crippen molar-refractivity contribution in [2.45, 2.75) is 31.5 Å². The van der Waals surface area contributed by atoms with Gasteiger partial charge in [0.05, 0.1) is 11.8 Å². The third-order valence-corrected chi connectivity index (χ3v) is 6.83. The Labute approximate surface area is 216 Å². The first kappa shape index (κ1) is 26.0. The number of phenols is 1. The van der Waals surface area contributed by atoms with Crippen LogP contribution in [0.15, 0.2) is 48.5 Å². The maximum absolute atomic E-state index is 13.9. The Kier molecular flexibility index (Phi) is 7.99. The second-order valence-corrected chi connectivity index (χ2v) is 9.35. The van der Waals surface area contributed by atoms with Crippen molar-refractivity contribution in [1.29, 1.82) is 0 Å². The van der Waals surface area contributed by atoms with E-state index in [-0.39, 0.29) is 41.2 Å². The number of carbonyl (C=O) groups is 3. The maximum atomic E-state index is 13.9. The summed E-state index contributed by atoms with van der Waals surface area (Å²) >= 11 is 0.696. The predicted octanol–water partition coefficient (Wildman–Crippen LogP) is 2.35. The van der Waals surface area contributed by atoms with E-state index in [1.54, 1.807) is 0 Å². The van der Waals surface area contributed by atoms with Crippen molar-refractivity contribution in [3.63, 3.8) is 0 Å². The van der Waals surface area contributed by atoms with Gasteiger partial charge in [-0.05, 0) is 59.8 Å². The number of aromatic nitrogens is 1. The van der Waals surface area contributed by atoms with Crippen molar-refractivity contribution < 1.29 is 28.6 Å². The number of halogens is 1. The van der Waals surface area contributed by atoms with E-state index in [4.69, 9.17) is 16.2 Å². The van der Waals surface area contributed by atoms with E-state index in [1.165, 1.54) is 53.4 Å². The van der Waals surface area contributed by atoms with Crippen LogP contribution in [0.25, 0.3) is 0 Å². The molecule has 12 heteroatoms. The van der Waals surface area contributed by atoms with Crippen LogP contribution in [0, 0.1) is 5.82 Å². The molecule has 0 aliphatic carbocycles. The minimum absolute atomic E-state index is 0.0172. The van der Waals surface area contributed by atoms with Crippen molar-refractivity contribution in [1.82, 2.24) is 14.6 Å². The average Bonchev–Trinajstić information content (AvgIpc) is 3.54. The maximum Gasteiger partial charge on any atom is 0.270 e. The van der Waals surface area contributed by atoms with Gasteiger partial charge in [0.2, 0.25) is 5.91 Å². The first-order chi connectivity index (χ1) is 17.7. The van der Waals surface area contributed by atoms with Crippen molar-refractivity contribution in [3.8, 4) is 5.75 Å². The van der Waals surface area contributed by atoms with Gasteiger partial charge in [-0.2, -0.15) is 4.37 Å². The summed E-state index contributed by atoms with van der Waals surface area (Å²) in [6.45, 7) is 0.770. The highest BCUT2D eigenvalue weighted by Crippen LogP contribution is 2.31. The zero-order valence-corrected chi connectivity index (χ0v) is 20.5. The van der Waals surface area contributed by atoms with Gasteiger partial charge in [-0.15, -0.1) is 0 Å². The minimum Gasteiger partial charge on any atom is -0.508 e. The third-order valence-electron chi connectivity index (χ3n) is 5.98. The number of anilines is 1. The lowest BCUT2D eigenvalue weighted by Gasteiger charge is -2.31. The van der Waals surface area contributed by atoms with Crippen molar-refractivity contribution >= 4 is 34.9 Å². The summed E-state index contributed by atoms with van der Waals surface area (Å²) < 4.78 is 23.1. The number of hydrogen-bond donors (Lipinski definition) is 4. The Balaban J connectivity index is 1.75. The second kappa shape index (κ2) is 11.4. The van der Waals surface area contributed by atoms with Crippen molar-refractivity contribution in [2.75, 3.05) is 18.9 Å². The molecule has 37 heavy (non-hydrogen) atoms. The predicted molar refractivity (Wildman–Crippen MR) is 134 cm³/mol. The van der Waals surface area contributed by atoms with Gasteiger partial charge in [0.25, 0.3) is 11.8 Å². The molecule has 3 amide bonds. The highest BCUT2D eigenvalue weighted by molar-refractivity contribution is 7.09. The SMILES string of the molecule is NC(=O)c1nsc(C(=O)N(Cc2ccc(F)cc2)[C@@H](C(=O)NC[C@@H]2CCCO2)c2ccc(O)cc2)c1N. The van der Waals surface area contributed by atoms with E-state index in [2.05, 4.69) is 9.69 Å². The zero-order chi connectivity index (χ0) is 26.5. The molecular weight excluding hydrogens is 501 g/mol. The van der Waals surface area contributed by atoms with Crippen LogP contribution < -0.4 is 16.8 Å². The molecule has 0 bridgehead atoms. The van der Waals surface area contributed by atoms with Gasteiger partial charge < -0.3 is 31.5 Å². The Hall–Kier alpha value is -4.03. The van der Waals surface area contributed by atoms with Crippen LogP contribution in [0.1, 0.15) is 50.2 Å². The first-order valence-corrected chi connectivity index (χ1v) is 12.3. The average molecular weight is 528 g/mol. The number of nitrogens with one attached hydrogen (secondary N) is 1. The molecule has 194 valence electrons. The molecule has 2 aromatic carbocycles. The van der Waals surface area contributed by atoms with Crippen LogP contribution in [0.3, 0.4) is 0 Å². The normalized spacial score (nSPS) is 15.8. The lowest BCUT2D eigenvalue weighted by molar-refractivity contribution is -0.126. The van der Waals surface area contributed by atoms with Crippen LogP contribution in [0.4, 0.5) is 10.1 Å². The van der Waals surface area contributed by atoms with Crippen LogP contribution in [-0.2, 0) is 16.1 Å². The fourth-order valence-corrected chi connectivity index (χ4v) is 4.83. The number of primary amides is 1. The Bertz CT molecular complexity index is 1280. The smallest absolute Gasteiger partial charge is 0.270 e. The number of phenolic OH excluding ortho intramolecular Hbond substituents is 1. The Morgan fingerprint density at radius 2 is 1.89 bits per heavy atom. The fourth-order valence-electron chi connectivity index (χ4n) is 4.07. The Morgan fingerprint density at radius 3 is 2.49 bits per heavy atom. The van der Waals surface area contributed by atoms with E-state index in [1.807, 2.05) is 0 Å². The van der Waals surface area contributed by atoms with Crippen LogP contribution in [0.2, 0.25) is 0 Å². The van der Waals surface area contributed by atoms with Crippen LogP contribution in [-0.4, -0.2) is 51.4 Å². The number of nitrogens with two attached hydrogens (primary N) is 2. The monoisotopic (exact) mass is 527 g/mol. The van der Waals surface area contributed by atoms with E-state index in [9.17, 15) is 23.9 Å². The van der Waals surface area contributed by atoms with Crippen molar-refractivity contribution in [3.05, 3.63) is 76.0 Å². The topological polar surface area (TPSA) is 161 Å². The van der Waals surface area contributed by atoms with Crippen LogP contribution in [0.5, 0.6) is 5.75 Å². The number of rotatable bonds is 9. The van der Waals surface area contributed by atoms with E-state index in [0.717, 1.165) is 12.8 Å². The lowest BCUT2D eigenvalue weighted by atomic mass is 10.0. The molecule has 0 spiro atoms. The molecule has 1 aliphatic rings. The fraction of sp³-hybridized carbons (Fsp3) is 0.280. The summed E-state index contributed by atoms with van der Waals surface area (Å²) in [7, 11) is 0. The zero-order valence-electron chi connectivity index (χ0n) is 19.7. The van der Waals surface area contributed by atoms with E-state index >= 15 is 0 Å². The van der Waals surface area contributed by atoms with E-state index in [0.29, 0.717) is 29.3 Å². The summed E-state index contributed by atoms with van der Waals surface area (Å²) in [6.07, 6.45) is 1.56. The molecule has 1 aliphatic heterocycles. The third kappa shape index (κ3) is 6.04. The highest BCUT2D eigenvalue weighted by atomic mass is 32.1. The molecule has 6 N–H and O–H groups in total. The molecule has 0 saturated carbocycles. The molecule has 1 fully saturated rings. The molecule has 1 aromatic heterocycles. The summed E-state index contributed by atoms with van der Waals surface area (Å²) in [5.41, 5.74) is 11.9. The van der Waals surface area contributed by atoms with Crippen molar-refractivity contribution in [2.24, 2.45) is 5.73 Å². The standard InChI is InChI=1S/C25H26FN5O5S/c26-16-7-3-14(4-8-16)13-31(25(35)22-19(27)20(23(28)33)30-37-22)21(15-5-9-17(32)10-6-15)24(34)29-12-18-2-1-11-36-18/h3-10,18,21,32H,1-2,11-13,27H2,(H2,28,33)(H,29,34)/t18-,21+/m0/s1. The second-order valence-electron chi connectivity index (χ2n) is 8.57. The molecule has 2 heterocycles. The summed E-state index contributed by atoms with van der Waals surface area (Å²) in [6, 6.07) is 10.2. The molecule has 10 nitrogen and oxygen atoms in total. The lowest BCUT2D eigenvalue weighted by Crippen LogP contribution is -2.45. The number of aromatic hydroxyl groups is 1. The number of carbonyl (C=O) groups excluding carboxylic acids is 3. The van der Waals surface area contributed by atoms with Gasteiger partial charge in [0, 0.05) is 19.7 Å². The molecule has 4 rings (SSSR count). The summed E-state index contributed by atoms with van der Waals surface area (Å²) in [4.78, 5) is 40.3. The van der Waals surface area contributed by atoms with Gasteiger partial charge >= 0.3 is 0 Å². The quantitative estimate of drug-likeness (QED) is 0.332. The highest BCUT2D eigenvalue weighted by Gasteiger charge is 2.35. The molecule has 0 unspecified atom stereocenters. The van der Waals surface area contributed by atoms with Crippen LogP contribution >= 0.6 is 11.5 Å². The molecule has 1 saturated heterocycles. The summed E-state index contributed by atoms with van der Waals surface area (Å²) in [5, 5.41) is 12.7. The van der Waals surface area contributed by atoms with Gasteiger partial charge in [0.1, 0.15) is 22.5 Å². The largest absolute Gasteiger partial charge is 0.508 e. The van der Waals surface area contributed by atoms with Gasteiger partial charge in [-0.25, -0.2) is 4.39 Å². The molecular formula is C25H26FN5O5S. The number of amides is 3. The molecule has 0 radical (unpaired) electrons. The number of ether oxygens (including phenoxy) is 1. The number of hydrogen-bond acceptors (Lipinski definition) is 8.